The van der Waals surface area contributed by atoms with Gasteiger partial charge in [-0.25, -0.2) is 0 Å². The molecule has 0 unspecified atom stereocenters. The van der Waals surface area contributed by atoms with Crippen LogP contribution in [0.25, 0.3) is 0 Å². The number of H-pyrrole nitrogens is 4. The number of fused-ring (bicyclic) bond motifs is 8. The zero-order valence-corrected chi connectivity index (χ0v) is 23.0. The number of halogens is 6. The number of benzene rings is 2. The third-order valence-corrected chi connectivity index (χ3v) is 8.33. The van der Waals surface area contributed by atoms with Gasteiger partial charge in [-0.2, -0.15) is 26.3 Å². The summed E-state index contributed by atoms with van der Waals surface area (Å²) in [6.45, 7) is 0. The molecule has 6 aromatic rings. The Morgan fingerprint density at radius 3 is 0.841 bits per heavy atom. The fourth-order valence-electron chi connectivity index (χ4n) is 6.45. The molecule has 0 amide bonds. The van der Waals surface area contributed by atoms with E-state index in [1.165, 1.54) is 24.3 Å². The van der Waals surface area contributed by atoms with E-state index in [0.29, 0.717) is 33.9 Å². The lowest BCUT2D eigenvalue weighted by atomic mass is 9.93. The third kappa shape index (κ3) is 4.94. The van der Waals surface area contributed by atoms with Gasteiger partial charge in [0.1, 0.15) is 11.8 Å². The molecule has 44 heavy (non-hydrogen) atoms. The smallest absolute Gasteiger partial charge is 0.361 e. The summed E-state index contributed by atoms with van der Waals surface area (Å²) in [4.78, 5) is 12.0. The topological polar surface area (TPSA) is 63.2 Å². The highest BCUT2D eigenvalue weighted by atomic mass is 19.4. The van der Waals surface area contributed by atoms with Crippen molar-refractivity contribution in [1.29, 1.82) is 0 Å². The summed E-state index contributed by atoms with van der Waals surface area (Å²) in [6.07, 6.45) is -9.28. The lowest BCUT2D eigenvalue weighted by molar-refractivity contribution is -0.143. The van der Waals surface area contributed by atoms with Crippen LogP contribution in [0.1, 0.15) is 80.3 Å². The summed E-state index contributed by atoms with van der Waals surface area (Å²) in [7, 11) is 0. The first-order valence-electron chi connectivity index (χ1n) is 14.1. The van der Waals surface area contributed by atoms with E-state index in [1.54, 1.807) is 84.9 Å². The van der Waals surface area contributed by atoms with Gasteiger partial charge in [0.25, 0.3) is 0 Å². The van der Waals surface area contributed by atoms with Crippen molar-refractivity contribution in [1.82, 2.24) is 19.9 Å². The molecule has 0 atom stereocenters. The molecule has 224 valence electrons. The van der Waals surface area contributed by atoms with E-state index in [1.807, 2.05) is 0 Å². The van der Waals surface area contributed by atoms with Gasteiger partial charge in [0, 0.05) is 45.6 Å². The fourth-order valence-corrected chi connectivity index (χ4v) is 6.45. The van der Waals surface area contributed by atoms with Crippen LogP contribution < -0.4 is 0 Å². The zero-order valence-electron chi connectivity index (χ0n) is 23.0. The minimum atomic E-state index is -4.64. The minimum absolute atomic E-state index is 0.0766. The summed E-state index contributed by atoms with van der Waals surface area (Å²) >= 11 is 0. The van der Waals surface area contributed by atoms with Crippen molar-refractivity contribution < 1.29 is 26.3 Å². The van der Waals surface area contributed by atoms with Crippen LogP contribution >= 0.6 is 0 Å². The molecule has 5 heterocycles. The van der Waals surface area contributed by atoms with Crippen LogP contribution in [0.4, 0.5) is 26.3 Å². The first-order chi connectivity index (χ1) is 21.1. The van der Waals surface area contributed by atoms with Crippen LogP contribution in [-0.4, -0.2) is 32.3 Å². The lowest BCUT2D eigenvalue weighted by Gasteiger charge is -2.22. The van der Waals surface area contributed by atoms with Crippen molar-refractivity contribution in [3.8, 4) is 0 Å². The number of rotatable bonds is 2. The average Bonchev–Trinajstić information content (AvgIpc) is 3.79. The van der Waals surface area contributed by atoms with Gasteiger partial charge in [-0.1, -0.05) is 60.7 Å². The Kier molecular flexibility index (Phi) is 6.60. The van der Waals surface area contributed by atoms with E-state index in [9.17, 15) is 26.3 Å². The monoisotopic (exact) mass is 604 g/mol. The average molecular weight is 605 g/mol. The SMILES string of the molecule is FC(F)(F)C1c2ccc([nH]2)C(c2ccccc2)c2ccc([nH]2)C(C(F)(F)F)c2ccc([nH]2)C(c2ccccc2)c2ccc1[nH]2. The number of nitrogens with one attached hydrogen (secondary N) is 4. The Bertz CT molecular complexity index is 1650. The van der Waals surface area contributed by atoms with Crippen LogP contribution in [0.15, 0.2) is 109 Å². The Balaban J connectivity index is 1.49. The maximum Gasteiger partial charge on any atom is 0.402 e. The molecule has 8 bridgehead atoms. The predicted molar refractivity (Wildman–Crippen MR) is 154 cm³/mol. The van der Waals surface area contributed by atoms with E-state index < -0.39 is 36.0 Å². The molecule has 1 aliphatic rings. The van der Waals surface area contributed by atoms with E-state index in [-0.39, 0.29) is 22.8 Å². The summed E-state index contributed by atoms with van der Waals surface area (Å²) < 4.78 is 88.6. The summed E-state index contributed by atoms with van der Waals surface area (Å²) in [5.41, 5.74) is 2.77. The van der Waals surface area contributed by atoms with Gasteiger partial charge in [-0.3, -0.25) is 0 Å². The van der Waals surface area contributed by atoms with Crippen molar-refractivity contribution >= 4 is 0 Å². The van der Waals surface area contributed by atoms with Crippen molar-refractivity contribution in [3.63, 3.8) is 0 Å². The highest BCUT2D eigenvalue weighted by Crippen LogP contribution is 2.45. The first kappa shape index (κ1) is 27.9. The summed E-state index contributed by atoms with van der Waals surface area (Å²) in [5, 5.41) is 0. The maximum atomic E-state index is 14.8. The minimum Gasteiger partial charge on any atom is -0.361 e. The molecule has 7 rings (SSSR count). The van der Waals surface area contributed by atoms with Gasteiger partial charge in [0.2, 0.25) is 0 Å². The number of hydrogen-bond acceptors (Lipinski definition) is 0. The van der Waals surface area contributed by atoms with Gasteiger partial charge in [0.15, 0.2) is 0 Å². The molecule has 4 N–H and O–H groups in total. The van der Waals surface area contributed by atoms with E-state index in [0.717, 1.165) is 0 Å². The molecular formula is C34H26F6N4. The Hall–Kier alpha value is -4.86. The van der Waals surface area contributed by atoms with E-state index in [2.05, 4.69) is 19.9 Å². The molecule has 0 spiro atoms. The molecule has 0 saturated carbocycles. The molecule has 4 aromatic heterocycles. The summed E-state index contributed by atoms with van der Waals surface area (Å²) in [5.74, 6) is -5.32. The van der Waals surface area contributed by atoms with Crippen LogP contribution in [0.3, 0.4) is 0 Å². The zero-order chi connectivity index (χ0) is 30.6. The highest BCUT2D eigenvalue weighted by molar-refractivity contribution is 5.45. The maximum absolute atomic E-state index is 14.8. The Labute approximate surface area is 248 Å². The second-order valence-corrected chi connectivity index (χ2v) is 11.1. The Morgan fingerprint density at radius 2 is 0.591 bits per heavy atom. The van der Waals surface area contributed by atoms with Gasteiger partial charge in [-0.15, -0.1) is 0 Å². The molecule has 2 aromatic carbocycles. The molecule has 10 heteroatoms. The van der Waals surface area contributed by atoms with Gasteiger partial charge in [0.05, 0.1) is 11.8 Å². The largest absolute Gasteiger partial charge is 0.402 e. The number of hydrogen-bond donors (Lipinski definition) is 4. The van der Waals surface area contributed by atoms with Gasteiger partial charge >= 0.3 is 12.4 Å². The number of aromatic nitrogens is 4. The standard InChI is InChI=1S/C34H26F6N4/c35-33(36,37)31-25-15-11-21(41-25)29(19-7-3-1-4-8-19)22-12-16-26(42-22)32(34(38,39)40)28-18-14-24(44-28)30(20-9-5-2-6-10-20)23-13-17-27(31)43-23/h1-18,29-32,41-44H. The molecular weight excluding hydrogens is 578 g/mol. The van der Waals surface area contributed by atoms with Crippen molar-refractivity contribution in [3.05, 3.63) is 166 Å². The van der Waals surface area contributed by atoms with Crippen molar-refractivity contribution in [2.75, 3.05) is 0 Å². The second kappa shape index (κ2) is 10.4. The van der Waals surface area contributed by atoms with Crippen LogP contribution in [0.2, 0.25) is 0 Å². The summed E-state index contributed by atoms with van der Waals surface area (Å²) in [6, 6.07) is 29.8. The first-order valence-corrected chi connectivity index (χ1v) is 14.1. The molecule has 1 aliphatic heterocycles. The Morgan fingerprint density at radius 1 is 0.341 bits per heavy atom. The van der Waals surface area contributed by atoms with Gasteiger partial charge in [-0.05, 0) is 59.7 Å². The second-order valence-electron chi connectivity index (χ2n) is 11.1. The molecule has 0 aliphatic carbocycles. The van der Waals surface area contributed by atoms with Crippen molar-refractivity contribution in [2.45, 2.75) is 36.0 Å². The third-order valence-electron chi connectivity index (χ3n) is 8.33. The fraction of sp³-hybridized carbons (Fsp3) is 0.176. The normalized spacial score (nSPS) is 20.5. The van der Waals surface area contributed by atoms with Crippen LogP contribution in [0, 0.1) is 0 Å². The molecule has 0 radical (unpaired) electrons. The highest BCUT2D eigenvalue weighted by Gasteiger charge is 2.46. The van der Waals surface area contributed by atoms with E-state index >= 15 is 0 Å². The van der Waals surface area contributed by atoms with Crippen LogP contribution in [-0.2, 0) is 0 Å². The van der Waals surface area contributed by atoms with E-state index in [4.69, 9.17) is 0 Å². The molecule has 0 saturated heterocycles. The van der Waals surface area contributed by atoms with Gasteiger partial charge < -0.3 is 19.9 Å². The lowest BCUT2D eigenvalue weighted by Crippen LogP contribution is -2.23. The number of aromatic amines is 4. The quantitative estimate of drug-likeness (QED) is 0.143. The van der Waals surface area contributed by atoms with Crippen LogP contribution in [0.5, 0.6) is 0 Å². The number of alkyl halides is 6. The molecule has 0 fully saturated rings. The van der Waals surface area contributed by atoms with Crippen molar-refractivity contribution in [2.24, 2.45) is 0 Å². The predicted octanol–water partition coefficient (Wildman–Crippen LogP) is 9.06. The molecule has 4 nitrogen and oxygen atoms in total.